The van der Waals surface area contributed by atoms with Crippen LogP contribution in [0.3, 0.4) is 0 Å². The Balaban J connectivity index is 2.66. The Morgan fingerprint density at radius 3 is 2.61 bits per heavy atom. The Hall–Kier alpha value is -0.870. The Morgan fingerprint density at radius 2 is 2.17 bits per heavy atom. The number of thiophene rings is 1. The molecule has 2 unspecified atom stereocenters. The van der Waals surface area contributed by atoms with Crippen LogP contribution in [0.25, 0.3) is 0 Å². The Morgan fingerprint density at radius 1 is 1.50 bits per heavy atom. The average molecular weight is 268 g/mol. The van der Waals surface area contributed by atoms with Crippen molar-refractivity contribution in [1.29, 1.82) is 0 Å². The zero-order valence-corrected chi connectivity index (χ0v) is 12.6. The van der Waals surface area contributed by atoms with E-state index in [4.69, 9.17) is 5.73 Å². The van der Waals surface area contributed by atoms with Crippen molar-refractivity contribution in [2.24, 2.45) is 11.7 Å². The smallest absolute Gasteiger partial charge is 0.224 e. The molecule has 0 saturated carbocycles. The predicted molar refractivity (Wildman–Crippen MR) is 77.8 cm³/mol. The van der Waals surface area contributed by atoms with Gasteiger partial charge < -0.3 is 11.1 Å². The van der Waals surface area contributed by atoms with Crippen molar-refractivity contribution < 1.29 is 4.79 Å². The van der Waals surface area contributed by atoms with Gasteiger partial charge in [0.15, 0.2) is 0 Å². The second kappa shape index (κ2) is 6.90. The fourth-order valence-corrected chi connectivity index (χ4v) is 3.22. The Kier molecular flexibility index (Phi) is 5.82. The largest absolute Gasteiger partial charge is 0.349 e. The quantitative estimate of drug-likeness (QED) is 0.833. The van der Waals surface area contributed by atoms with E-state index < -0.39 is 0 Å². The summed E-state index contributed by atoms with van der Waals surface area (Å²) in [6.07, 6.45) is 1.84. The van der Waals surface area contributed by atoms with E-state index in [0.29, 0.717) is 6.54 Å². The van der Waals surface area contributed by atoms with E-state index >= 15 is 0 Å². The zero-order chi connectivity index (χ0) is 13.7. The molecule has 0 aromatic carbocycles. The van der Waals surface area contributed by atoms with Crippen LogP contribution in [0.15, 0.2) is 6.07 Å². The van der Waals surface area contributed by atoms with Crippen molar-refractivity contribution in [2.45, 2.75) is 46.6 Å². The molecule has 102 valence electrons. The van der Waals surface area contributed by atoms with Gasteiger partial charge >= 0.3 is 0 Å². The molecule has 0 fully saturated rings. The number of hydrogen-bond acceptors (Lipinski definition) is 3. The SMILES string of the molecule is CCCC(CN)C(=O)NC(C)c1cc(C)sc1C. The predicted octanol–water partition coefficient (Wildman–Crippen LogP) is 2.92. The molecule has 0 aliphatic carbocycles. The fraction of sp³-hybridized carbons (Fsp3) is 0.643. The number of nitrogens with two attached hydrogens (primary N) is 1. The fourth-order valence-electron chi connectivity index (χ4n) is 2.19. The highest BCUT2D eigenvalue weighted by Crippen LogP contribution is 2.26. The van der Waals surface area contributed by atoms with E-state index in [1.54, 1.807) is 11.3 Å². The van der Waals surface area contributed by atoms with Crippen molar-refractivity contribution in [3.05, 3.63) is 21.4 Å². The molecule has 2 atom stereocenters. The van der Waals surface area contributed by atoms with Crippen molar-refractivity contribution >= 4 is 17.2 Å². The summed E-state index contributed by atoms with van der Waals surface area (Å²) < 4.78 is 0. The second-order valence-electron chi connectivity index (χ2n) is 4.82. The highest BCUT2D eigenvalue weighted by Gasteiger charge is 2.19. The number of aryl methyl sites for hydroxylation is 2. The van der Waals surface area contributed by atoms with E-state index in [-0.39, 0.29) is 17.9 Å². The summed E-state index contributed by atoms with van der Waals surface area (Å²) in [4.78, 5) is 14.6. The summed E-state index contributed by atoms with van der Waals surface area (Å²) in [5, 5.41) is 3.07. The van der Waals surface area contributed by atoms with Crippen LogP contribution in [-0.4, -0.2) is 12.5 Å². The standard InChI is InChI=1S/C14H24N2OS/c1-5-6-12(8-15)14(17)16-10(3)13-7-9(2)18-11(13)4/h7,10,12H,5-6,8,15H2,1-4H3,(H,16,17). The lowest BCUT2D eigenvalue weighted by Crippen LogP contribution is -2.36. The van der Waals surface area contributed by atoms with Crippen molar-refractivity contribution in [1.82, 2.24) is 5.32 Å². The number of rotatable bonds is 6. The summed E-state index contributed by atoms with van der Waals surface area (Å²) in [5.41, 5.74) is 6.87. The monoisotopic (exact) mass is 268 g/mol. The first-order valence-corrected chi connectivity index (χ1v) is 7.38. The number of hydrogen-bond donors (Lipinski definition) is 2. The minimum Gasteiger partial charge on any atom is -0.349 e. The zero-order valence-electron chi connectivity index (χ0n) is 11.7. The van der Waals surface area contributed by atoms with E-state index in [1.807, 2.05) is 6.92 Å². The van der Waals surface area contributed by atoms with Crippen LogP contribution < -0.4 is 11.1 Å². The molecular weight excluding hydrogens is 244 g/mol. The molecular formula is C14H24N2OS. The van der Waals surface area contributed by atoms with Gasteiger partial charge in [0.25, 0.3) is 0 Å². The molecule has 1 amide bonds. The third-order valence-corrected chi connectivity index (χ3v) is 4.18. The van der Waals surface area contributed by atoms with Gasteiger partial charge in [0.1, 0.15) is 0 Å². The molecule has 1 rings (SSSR count). The first-order chi connectivity index (χ1) is 8.49. The summed E-state index contributed by atoms with van der Waals surface area (Å²) in [6, 6.07) is 2.22. The lowest BCUT2D eigenvalue weighted by Gasteiger charge is -2.19. The molecule has 1 aromatic heterocycles. The van der Waals surface area contributed by atoms with Crippen molar-refractivity contribution in [3.63, 3.8) is 0 Å². The highest BCUT2D eigenvalue weighted by atomic mass is 32.1. The Bertz CT molecular complexity index is 400. The summed E-state index contributed by atoms with van der Waals surface area (Å²) in [6.45, 7) is 8.73. The van der Waals surface area contributed by atoms with Gasteiger partial charge in [-0.15, -0.1) is 11.3 Å². The molecule has 0 saturated heterocycles. The molecule has 0 radical (unpaired) electrons. The van der Waals surface area contributed by atoms with Crippen LogP contribution in [0.4, 0.5) is 0 Å². The van der Waals surface area contributed by atoms with E-state index in [1.165, 1.54) is 15.3 Å². The number of amides is 1. The van der Waals surface area contributed by atoms with Crippen molar-refractivity contribution in [2.75, 3.05) is 6.54 Å². The molecule has 4 heteroatoms. The van der Waals surface area contributed by atoms with Gasteiger partial charge in [-0.05, 0) is 38.8 Å². The normalized spacial score (nSPS) is 14.3. The van der Waals surface area contributed by atoms with Crippen LogP contribution in [-0.2, 0) is 4.79 Å². The van der Waals surface area contributed by atoms with E-state index in [0.717, 1.165) is 12.8 Å². The van der Waals surface area contributed by atoms with Gasteiger partial charge in [0.05, 0.1) is 12.0 Å². The van der Waals surface area contributed by atoms with E-state index in [9.17, 15) is 4.79 Å². The third-order valence-electron chi connectivity index (χ3n) is 3.20. The first kappa shape index (κ1) is 15.2. The molecule has 0 aliphatic rings. The molecule has 3 nitrogen and oxygen atoms in total. The molecule has 1 aromatic rings. The van der Waals surface area contributed by atoms with E-state index in [2.05, 4.69) is 32.2 Å². The average Bonchev–Trinajstić information content (AvgIpc) is 2.65. The van der Waals surface area contributed by atoms with Gasteiger partial charge in [-0.25, -0.2) is 0 Å². The van der Waals surface area contributed by atoms with Crippen LogP contribution >= 0.6 is 11.3 Å². The van der Waals surface area contributed by atoms with Crippen LogP contribution in [0, 0.1) is 19.8 Å². The van der Waals surface area contributed by atoms with Gasteiger partial charge in [0, 0.05) is 16.3 Å². The molecule has 1 heterocycles. The van der Waals surface area contributed by atoms with Crippen LogP contribution in [0.1, 0.15) is 48.0 Å². The number of carbonyl (C=O) groups is 1. The lowest BCUT2D eigenvalue weighted by atomic mass is 10.0. The molecule has 18 heavy (non-hydrogen) atoms. The molecule has 0 spiro atoms. The topological polar surface area (TPSA) is 55.1 Å². The maximum atomic E-state index is 12.1. The minimum absolute atomic E-state index is 0.0579. The third kappa shape index (κ3) is 3.82. The highest BCUT2D eigenvalue weighted by molar-refractivity contribution is 7.12. The molecule has 0 aliphatic heterocycles. The lowest BCUT2D eigenvalue weighted by molar-refractivity contribution is -0.125. The van der Waals surface area contributed by atoms with Gasteiger partial charge in [-0.1, -0.05) is 13.3 Å². The molecule has 3 N–H and O–H groups in total. The van der Waals surface area contributed by atoms with Crippen molar-refractivity contribution in [3.8, 4) is 0 Å². The Labute approximate surface area is 114 Å². The minimum atomic E-state index is -0.0579. The van der Waals surface area contributed by atoms with Crippen LogP contribution in [0.5, 0.6) is 0 Å². The number of carbonyl (C=O) groups excluding carboxylic acids is 1. The van der Waals surface area contributed by atoms with Gasteiger partial charge in [-0.3, -0.25) is 4.79 Å². The van der Waals surface area contributed by atoms with Gasteiger partial charge in [0.2, 0.25) is 5.91 Å². The maximum absolute atomic E-state index is 12.1. The summed E-state index contributed by atoms with van der Waals surface area (Å²) >= 11 is 1.77. The van der Waals surface area contributed by atoms with Gasteiger partial charge in [-0.2, -0.15) is 0 Å². The second-order valence-corrected chi connectivity index (χ2v) is 6.28. The molecule has 0 bridgehead atoms. The number of nitrogens with one attached hydrogen (secondary N) is 1. The van der Waals surface area contributed by atoms with Crippen LogP contribution in [0.2, 0.25) is 0 Å². The first-order valence-electron chi connectivity index (χ1n) is 6.56. The summed E-state index contributed by atoms with van der Waals surface area (Å²) in [5.74, 6) is 0.0209. The maximum Gasteiger partial charge on any atom is 0.224 e. The summed E-state index contributed by atoms with van der Waals surface area (Å²) in [7, 11) is 0.